The second-order valence-corrected chi connectivity index (χ2v) is 6.89. The average Bonchev–Trinajstić information content (AvgIpc) is 2.69. The van der Waals surface area contributed by atoms with Crippen LogP contribution in [0.25, 0.3) is 0 Å². The van der Waals surface area contributed by atoms with Crippen molar-refractivity contribution in [2.75, 3.05) is 0 Å². The molecule has 0 aromatic heterocycles. The Morgan fingerprint density at radius 2 is 1.13 bits per heavy atom. The number of nitrogens with zero attached hydrogens (tertiary/aromatic N) is 3. The summed E-state index contributed by atoms with van der Waals surface area (Å²) >= 11 is 0. The fraction of sp³-hybridized carbons (Fsp3) is 0.650. The number of carbonyl (C=O) groups excluding carboxylic acids is 1. The molecule has 0 radical (unpaired) electrons. The smallest absolute Gasteiger partial charge is 0.253 e. The van der Waals surface area contributed by atoms with Crippen LogP contribution in [-0.2, 0) is 4.79 Å². The van der Waals surface area contributed by atoms with E-state index in [1.165, 1.54) is 12.2 Å². The van der Waals surface area contributed by atoms with E-state index >= 15 is 0 Å². The van der Waals surface area contributed by atoms with Crippen molar-refractivity contribution >= 4 is 6.29 Å². The molecule has 0 aliphatic heterocycles. The van der Waals surface area contributed by atoms with Gasteiger partial charge in [0.05, 0.1) is 21.2 Å². The lowest BCUT2D eigenvalue weighted by Crippen LogP contribution is -2.07. The maximum Gasteiger partial charge on any atom is 0.253 e. The first-order chi connectivity index (χ1) is 14.3. The lowest BCUT2D eigenvalue weighted by atomic mass is 10.1. The van der Waals surface area contributed by atoms with E-state index in [1.807, 2.05) is 6.92 Å². The van der Waals surface area contributed by atoms with E-state index in [1.54, 1.807) is 0 Å². The summed E-state index contributed by atoms with van der Waals surface area (Å²) in [5, 5.41) is 33.7. The molecule has 0 saturated heterocycles. The van der Waals surface area contributed by atoms with Crippen LogP contribution in [0.4, 0.5) is 0 Å². The van der Waals surface area contributed by atoms with E-state index in [2.05, 4.69) is 0 Å². The van der Waals surface area contributed by atoms with E-state index in [0.717, 1.165) is 50.9 Å². The van der Waals surface area contributed by atoms with Crippen molar-refractivity contribution in [1.82, 2.24) is 0 Å². The molecule has 0 heterocycles. The Morgan fingerprint density at radius 1 is 0.667 bits per heavy atom. The predicted octanol–water partition coefficient (Wildman–Crippen LogP) is 5.37. The normalized spacial score (nSPS) is 12.6. The molecule has 10 nitrogen and oxygen atoms in total. The van der Waals surface area contributed by atoms with E-state index in [4.69, 9.17) is 0 Å². The molecule has 0 amide bonds. The largest absolute Gasteiger partial charge is 0.303 e. The van der Waals surface area contributed by atoms with Gasteiger partial charge in [0.2, 0.25) is 5.70 Å². The standard InChI is InChI=1S/C20H31N3O7/c1-2-3-4-9-13-19(22(27)28)17-20(23(29)30)15-14-18(21(25)26)12-10-7-5-6-8-11-16-24/h12-13,15-16H,2-11,14,17H2,1H3/b18-12+,19-13+,20-15+. The van der Waals surface area contributed by atoms with Gasteiger partial charge in [-0.3, -0.25) is 30.3 Å². The molecule has 0 bridgehead atoms. The Labute approximate surface area is 176 Å². The summed E-state index contributed by atoms with van der Waals surface area (Å²) in [6, 6.07) is 0. The highest BCUT2D eigenvalue weighted by atomic mass is 16.6. The molecule has 0 N–H and O–H groups in total. The third-order valence-corrected chi connectivity index (χ3v) is 4.46. The van der Waals surface area contributed by atoms with Crippen LogP contribution in [0.1, 0.15) is 84.0 Å². The molecule has 0 aliphatic carbocycles. The number of nitro groups is 3. The second-order valence-electron chi connectivity index (χ2n) is 6.89. The zero-order valence-electron chi connectivity index (χ0n) is 17.5. The number of unbranched alkanes of at least 4 members (excludes halogenated alkanes) is 8. The summed E-state index contributed by atoms with van der Waals surface area (Å²) in [6.07, 6.45) is 11.3. The average molecular weight is 425 g/mol. The third-order valence-electron chi connectivity index (χ3n) is 4.46. The van der Waals surface area contributed by atoms with Crippen molar-refractivity contribution in [1.29, 1.82) is 0 Å². The van der Waals surface area contributed by atoms with Crippen molar-refractivity contribution in [2.24, 2.45) is 0 Å². The lowest BCUT2D eigenvalue weighted by Gasteiger charge is -2.00. The van der Waals surface area contributed by atoms with E-state index < -0.39 is 26.9 Å². The van der Waals surface area contributed by atoms with Gasteiger partial charge in [-0.05, 0) is 44.3 Å². The molecular formula is C20H31N3O7. The SMILES string of the molecule is CCCCC/C=C(\C/C(=C\C/C(=C\CCCCCCC=O)[N+](=O)[O-])[N+](=O)[O-])[N+](=O)[O-]. The van der Waals surface area contributed by atoms with Gasteiger partial charge in [-0.15, -0.1) is 0 Å². The van der Waals surface area contributed by atoms with Crippen molar-refractivity contribution in [3.63, 3.8) is 0 Å². The van der Waals surface area contributed by atoms with E-state index in [0.29, 0.717) is 25.7 Å². The zero-order valence-corrected chi connectivity index (χ0v) is 17.5. The number of allylic oxidation sites excluding steroid dienone is 3. The van der Waals surface area contributed by atoms with Crippen molar-refractivity contribution < 1.29 is 19.6 Å². The monoisotopic (exact) mass is 425 g/mol. The summed E-state index contributed by atoms with van der Waals surface area (Å²) in [7, 11) is 0. The first-order valence-electron chi connectivity index (χ1n) is 10.3. The van der Waals surface area contributed by atoms with Crippen LogP contribution in [0.15, 0.2) is 35.3 Å². The molecule has 10 heteroatoms. The van der Waals surface area contributed by atoms with Crippen molar-refractivity contribution in [3.05, 3.63) is 65.7 Å². The first-order valence-corrected chi connectivity index (χ1v) is 10.3. The molecule has 0 aromatic carbocycles. The highest BCUT2D eigenvalue weighted by Gasteiger charge is 2.22. The van der Waals surface area contributed by atoms with E-state index in [-0.39, 0.29) is 17.8 Å². The Kier molecular flexibility index (Phi) is 15.3. The Balaban J connectivity index is 5.00. The maximum absolute atomic E-state index is 11.3. The van der Waals surface area contributed by atoms with Gasteiger partial charge in [0.1, 0.15) is 12.7 Å². The van der Waals surface area contributed by atoms with Gasteiger partial charge in [-0.2, -0.15) is 0 Å². The van der Waals surface area contributed by atoms with Gasteiger partial charge in [0.25, 0.3) is 11.4 Å². The van der Waals surface area contributed by atoms with Crippen LogP contribution in [0.2, 0.25) is 0 Å². The summed E-state index contributed by atoms with van der Waals surface area (Å²) in [5.74, 6) is 0. The Hall–Kier alpha value is -2.91. The highest BCUT2D eigenvalue weighted by Crippen LogP contribution is 2.18. The third kappa shape index (κ3) is 13.3. The molecule has 0 atom stereocenters. The second kappa shape index (κ2) is 17.0. The summed E-state index contributed by atoms with van der Waals surface area (Å²) in [5.41, 5.74) is -0.858. The summed E-state index contributed by atoms with van der Waals surface area (Å²) in [6.45, 7) is 2.00. The fourth-order valence-electron chi connectivity index (χ4n) is 2.72. The van der Waals surface area contributed by atoms with Gasteiger partial charge in [0, 0.05) is 12.5 Å². The summed E-state index contributed by atoms with van der Waals surface area (Å²) < 4.78 is 0. The van der Waals surface area contributed by atoms with Gasteiger partial charge < -0.3 is 4.79 Å². The van der Waals surface area contributed by atoms with Crippen LogP contribution in [0.5, 0.6) is 0 Å². The summed E-state index contributed by atoms with van der Waals surface area (Å²) in [4.78, 5) is 41.9. The fourth-order valence-corrected chi connectivity index (χ4v) is 2.72. The number of carbonyl (C=O) groups is 1. The lowest BCUT2D eigenvalue weighted by molar-refractivity contribution is -0.450. The number of hydrogen-bond donors (Lipinski definition) is 0. The maximum atomic E-state index is 11.3. The van der Waals surface area contributed by atoms with Gasteiger partial charge >= 0.3 is 0 Å². The quantitative estimate of drug-likeness (QED) is 0.124. The van der Waals surface area contributed by atoms with Crippen LogP contribution < -0.4 is 0 Å². The zero-order chi connectivity index (χ0) is 22.8. The molecule has 0 aliphatic rings. The molecule has 0 aromatic rings. The van der Waals surface area contributed by atoms with Gasteiger partial charge in [-0.1, -0.05) is 32.6 Å². The Bertz CT molecular complexity index is 669. The van der Waals surface area contributed by atoms with Crippen LogP contribution >= 0.6 is 0 Å². The first kappa shape index (κ1) is 27.1. The van der Waals surface area contributed by atoms with E-state index in [9.17, 15) is 35.1 Å². The number of rotatable bonds is 18. The van der Waals surface area contributed by atoms with Gasteiger partial charge in [0.15, 0.2) is 0 Å². The van der Waals surface area contributed by atoms with Crippen LogP contribution in [-0.4, -0.2) is 21.1 Å². The van der Waals surface area contributed by atoms with Crippen LogP contribution in [0, 0.1) is 30.3 Å². The minimum absolute atomic E-state index is 0.170. The van der Waals surface area contributed by atoms with Crippen molar-refractivity contribution in [2.45, 2.75) is 84.0 Å². The molecule has 0 fully saturated rings. The molecule has 0 rings (SSSR count). The highest BCUT2D eigenvalue weighted by molar-refractivity contribution is 5.48. The topological polar surface area (TPSA) is 146 Å². The number of hydrogen-bond acceptors (Lipinski definition) is 7. The molecular weight excluding hydrogens is 394 g/mol. The molecule has 0 saturated carbocycles. The number of aldehydes is 1. The molecule has 30 heavy (non-hydrogen) atoms. The minimum atomic E-state index is -0.728. The Morgan fingerprint density at radius 3 is 1.63 bits per heavy atom. The minimum Gasteiger partial charge on any atom is -0.303 e. The van der Waals surface area contributed by atoms with Crippen LogP contribution in [0.3, 0.4) is 0 Å². The van der Waals surface area contributed by atoms with Gasteiger partial charge in [-0.25, -0.2) is 0 Å². The van der Waals surface area contributed by atoms with Crippen molar-refractivity contribution in [3.8, 4) is 0 Å². The predicted molar refractivity (Wildman–Crippen MR) is 112 cm³/mol. The molecule has 0 unspecified atom stereocenters. The molecule has 0 spiro atoms. The molecule has 168 valence electrons.